The summed E-state index contributed by atoms with van der Waals surface area (Å²) in [5.74, 6) is 1.91. The van der Waals surface area contributed by atoms with Crippen molar-refractivity contribution in [2.24, 2.45) is 0 Å². The predicted molar refractivity (Wildman–Crippen MR) is 68.8 cm³/mol. The Labute approximate surface area is 102 Å². The van der Waals surface area contributed by atoms with E-state index in [0.29, 0.717) is 5.65 Å². The molecule has 0 unspecified atom stereocenters. The highest BCUT2D eigenvalue weighted by molar-refractivity contribution is 7.98. The van der Waals surface area contributed by atoms with Crippen molar-refractivity contribution in [2.75, 3.05) is 11.5 Å². The van der Waals surface area contributed by atoms with Crippen LogP contribution in [0.25, 0.3) is 11.2 Å². The van der Waals surface area contributed by atoms with Gasteiger partial charge in [0.15, 0.2) is 11.2 Å². The molecule has 6 nitrogen and oxygen atoms in total. The molecule has 0 aliphatic heterocycles. The maximum absolute atomic E-state index is 11.5. The van der Waals surface area contributed by atoms with Gasteiger partial charge < -0.3 is 5.73 Å². The lowest BCUT2D eigenvalue weighted by atomic mass is 10.4. The standard InChI is InChI=1S/C10H13N5OS/c1-2-3-17-5-6-4-12-7-8(13-6)14-10(11)15-9(7)16/h4H,2-3,5H2,1H3,(H3,11,13,14,15,16). The van der Waals surface area contributed by atoms with E-state index in [4.69, 9.17) is 5.73 Å². The van der Waals surface area contributed by atoms with Gasteiger partial charge in [-0.2, -0.15) is 16.7 Å². The summed E-state index contributed by atoms with van der Waals surface area (Å²) >= 11 is 1.78. The molecule has 0 atom stereocenters. The van der Waals surface area contributed by atoms with Crippen molar-refractivity contribution in [1.82, 2.24) is 19.9 Å². The van der Waals surface area contributed by atoms with Crippen molar-refractivity contribution in [1.29, 1.82) is 0 Å². The summed E-state index contributed by atoms with van der Waals surface area (Å²) < 4.78 is 0. The molecule has 0 saturated heterocycles. The number of hydrogen-bond donors (Lipinski definition) is 2. The van der Waals surface area contributed by atoms with Crippen LogP contribution in [0, 0.1) is 0 Å². The van der Waals surface area contributed by atoms with E-state index in [1.807, 2.05) is 0 Å². The highest BCUT2D eigenvalue weighted by Crippen LogP contribution is 2.11. The number of nitrogens with one attached hydrogen (secondary N) is 1. The van der Waals surface area contributed by atoms with Gasteiger partial charge in [0, 0.05) is 5.75 Å². The number of nitrogens with zero attached hydrogens (tertiary/aromatic N) is 3. The first-order valence-electron chi connectivity index (χ1n) is 5.30. The van der Waals surface area contributed by atoms with Crippen LogP contribution >= 0.6 is 11.8 Å². The van der Waals surface area contributed by atoms with Crippen LogP contribution in [0.1, 0.15) is 19.0 Å². The van der Waals surface area contributed by atoms with E-state index in [-0.39, 0.29) is 17.0 Å². The zero-order valence-corrected chi connectivity index (χ0v) is 10.3. The number of aromatic nitrogens is 4. The zero-order valence-electron chi connectivity index (χ0n) is 9.43. The summed E-state index contributed by atoms with van der Waals surface area (Å²) in [6, 6.07) is 0. The molecule has 0 amide bonds. The highest BCUT2D eigenvalue weighted by atomic mass is 32.2. The maximum atomic E-state index is 11.5. The lowest BCUT2D eigenvalue weighted by Gasteiger charge is -2.01. The largest absolute Gasteiger partial charge is 0.369 e. The van der Waals surface area contributed by atoms with Gasteiger partial charge >= 0.3 is 0 Å². The molecule has 2 rings (SSSR count). The van der Waals surface area contributed by atoms with Crippen LogP contribution < -0.4 is 11.3 Å². The van der Waals surface area contributed by atoms with Gasteiger partial charge in [-0.25, -0.2) is 9.97 Å². The average molecular weight is 251 g/mol. The van der Waals surface area contributed by atoms with E-state index in [9.17, 15) is 4.79 Å². The molecule has 0 aliphatic rings. The number of aromatic amines is 1. The second-order valence-electron chi connectivity index (χ2n) is 3.54. The molecule has 3 N–H and O–H groups in total. The van der Waals surface area contributed by atoms with Crippen LogP contribution in [0.3, 0.4) is 0 Å². The van der Waals surface area contributed by atoms with Crippen molar-refractivity contribution in [3.05, 3.63) is 22.2 Å². The number of nitrogens with two attached hydrogens (primary N) is 1. The molecule has 0 bridgehead atoms. The minimum Gasteiger partial charge on any atom is -0.369 e. The summed E-state index contributed by atoms with van der Waals surface area (Å²) in [5, 5.41) is 0. The topological polar surface area (TPSA) is 97.5 Å². The van der Waals surface area contributed by atoms with Crippen molar-refractivity contribution in [3.8, 4) is 0 Å². The van der Waals surface area contributed by atoms with E-state index in [0.717, 1.165) is 23.6 Å². The molecule has 0 aromatic carbocycles. The molecular formula is C10H13N5OS. The first-order valence-corrected chi connectivity index (χ1v) is 6.45. The molecule has 0 spiro atoms. The number of anilines is 1. The number of nitrogen functional groups attached to an aromatic ring is 1. The average Bonchev–Trinajstić information content (AvgIpc) is 2.28. The van der Waals surface area contributed by atoms with Crippen LogP contribution in [-0.4, -0.2) is 25.7 Å². The fourth-order valence-corrected chi connectivity index (χ4v) is 2.14. The van der Waals surface area contributed by atoms with Crippen LogP contribution in [0.15, 0.2) is 11.0 Å². The van der Waals surface area contributed by atoms with Gasteiger partial charge in [0.1, 0.15) is 0 Å². The van der Waals surface area contributed by atoms with Gasteiger partial charge in [-0.15, -0.1) is 0 Å². The quantitative estimate of drug-likeness (QED) is 0.785. The first-order chi connectivity index (χ1) is 8.20. The number of H-pyrrole nitrogens is 1. The molecule has 0 radical (unpaired) electrons. The van der Waals surface area contributed by atoms with E-state index in [1.54, 1.807) is 18.0 Å². The second kappa shape index (κ2) is 5.13. The summed E-state index contributed by atoms with van der Waals surface area (Å²) in [6.07, 6.45) is 2.73. The molecule has 2 aromatic heterocycles. The van der Waals surface area contributed by atoms with Gasteiger partial charge in [-0.05, 0) is 12.2 Å². The van der Waals surface area contributed by atoms with Gasteiger partial charge in [0.05, 0.1) is 11.9 Å². The van der Waals surface area contributed by atoms with Crippen LogP contribution in [0.2, 0.25) is 0 Å². The molecular weight excluding hydrogens is 238 g/mol. The first kappa shape index (κ1) is 11.8. The Bertz CT molecular complexity index is 582. The Kier molecular flexibility index (Phi) is 3.58. The van der Waals surface area contributed by atoms with E-state index >= 15 is 0 Å². The number of fused-ring (bicyclic) bond motifs is 1. The van der Waals surface area contributed by atoms with Gasteiger partial charge in [-0.1, -0.05) is 6.92 Å². The van der Waals surface area contributed by atoms with Crippen LogP contribution in [0.5, 0.6) is 0 Å². The molecule has 90 valence electrons. The van der Waals surface area contributed by atoms with Crippen molar-refractivity contribution in [3.63, 3.8) is 0 Å². The lowest BCUT2D eigenvalue weighted by Crippen LogP contribution is -2.13. The van der Waals surface area contributed by atoms with Crippen molar-refractivity contribution >= 4 is 28.9 Å². The van der Waals surface area contributed by atoms with Crippen LogP contribution in [-0.2, 0) is 5.75 Å². The molecule has 0 fully saturated rings. The summed E-state index contributed by atoms with van der Waals surface area (Å²) in [5.41, 5.74) is 6.45. The zero-order chi connectivity index (χ0) is 12.3. The van der Waals surface area contributed by atoms with Gasteiger partial charge in [0.25, 0.3) is 5.56 Å². The van der Waals surface area contributed by atoms with Crippen molar-refractivity contribution < 1.29 is 0 Å². The maximum Gasteiger partial charge on any atom is 0.280 e. The minimum absolute atomic E-state index is 0.0650. The Morgan fingerprint density at radius 3 is 3.06 bits per heavy atom. The summed E-state index contributed by atoms with van der Waals surface area (Å²) in [7, 11) is 0. The molecule has 2 aromatic rings. The Balaban J connectivity index is 2.33. The minimum atomic E-state index is -0.354. The summed E-state index contributed by atoms with van der Waals surface area (Å²) in [4.78, 5) is 26.2. The fraction of sp³-hybridized carbons (Fsp3) is 0.400. The molecule has 0 saturated carbocycles. The predicted octanol–water partition coefficient (Wildman–Crippen LogP) is 0.938. The SMILES string of the molecule is CCCSCc1cnc2c(=O)[nH]c(N)nc2n1. The second-order valence-corrected chi connectivity index (χ2v) is 4.64. The van der Waals surface area contributed by atoms with Gasteiger partial charge in [0.2, 0.25) is 5.95 Å². The molecule has 2 heterocycles. The Morgan fingerprint density at radius 1 is 1.47 bits per heavy atom. The molecule has 7 heteroatoms. The number of thioether (sulfide) groups is 1. The molecule has 17 heavy (non-hydrogen) atoms. The third kappa shape index (κ3) is 2.73. The number of hydrogen-bond acceptors (Lipinski definition) is 6. The Hall–Kier alpha value is -1.63. The van der Waals surface area contributed by atoms with E-state index < -0.39 is 0 Å². The Morgan fingerprint density at radius 2 is 2.29 bits per heavy atom. The van der Waals surface area contributed by atoms with Crippen molar-refractivity contribution in [2.45, 2.75) is 19.1 Å². The van der Waals surface area contributed by atoms with Crippen LogP contribution in [0.4, 0.5) is 5.95 Å². The summed E-state index contributed by atoms with van der Waals surface area (Å²) in [6.45, 7) is 2.13. The van der Waals surface area contributed by atoms with E-state index in [2.05, 4.69) is 26.9 Å². The monoisotopic (exact) mass is 251 g/mol. The number of rotatable bonds is 4. The lowest BCUT2D eigenvalue weighted by molar-refractivity contribution is 1.07. The highest BCUT2D eigenvalue weighted by Gasteiger charge is 2.06. The van der Waals surface area contributed by atoms with E-state index in [1.165, 1.54) is 0 Å². The molecule has 0 aliphatic carbocycles. The normalized spacial score (nSPS) is 10.9. The smallest absolute Gasteiger partial charge is 0.280 e. The fourth-order valence-electron chi connectivity index (χ4n) is 1.36. The third-order valence-electron chi connectivity index (χ3n) is 2.09. The van der Waals surface area contributed by atoms with Gasteiger partial charge in [-0.3, -0.25) is 9.78 Å². The third-order valence-corrected chi connectivity index (χ3v) is 3.28.